The number of fused-ring (bicyclic) bond motifs is 3. The monoisotopic (exact) mass is 401 g/mol. The van der Waals surface area contributed by atoms with Crippen LogP contribution in [0, 0.1) is 34.5 Å². The number of aliphatic imine (C=N–C) groups is 1. The van der Waals surface area contributed by atoms with Gasteiger partial charge >= 0.3 is 5.97 Å². The second-order valence-electron chi connectivity index (χ2n) is 10.2. The molecule has 0 radical (unpaired) electrons. The van der Waals surface area contributed by atoms with E-state index in [-0.39, 0.29) is 11.6 Å². The first-order chi connectivity index (χ1) is 14.6. The number of benzene rings is 1. The van der Waals surface area contributed by atoms with E-state index in [1.54, 1.807) is 0 Å². The summed E-state index contributed by atoms with van der Waals surface area (Å²) in [4.78, 5) is 20.6. The van der Waals surface area contributed by atoms with Crippen LogP contribution in [0.2, 0.25) is 0 Å². The van der Waals surface area contributed by atoms with Gasteiger partial charge in [0.2, 0.25) is 5.41 Å². The van der Waals surface area contributed by atoms with E-state index >= 15 is 0 Å². The van der Waals surface area contributed by atoms with Crippen molar-refractivity contribution in [3.8, 4) is 6.07 Å². The third kappa shape index (κ3) is 2.40. The average molecular weight is 402 g/mol. The lowest BCUT2D eigenvalue weighted by atomic mass is 9.53. The fourth-order valence-electron chi connectivity index (χ4n) is 7.48. The van der Waals surface area contributed by atoms with Crippen molar-refractivity contribution in [1.29, 1.82) is 5.26 Å². The standard InChI is InChI=1S/C25H27N3O2/c1-30-23(29)25(14-26)15-28-7-6-19-4-2-3-5-20(19)21(28)22(25)27-24-11-16-8-17(12-24)10-18(9-16)13-24/h2-7,16-18,21H,8-13,15H2,1H3/t16?,17?,18?,21-,24?,25?/m0/s1. The minimum Gasteiger partial charge on any atom is -0.467 e. The Kier molecular flexibility index (Phi) is 3.76. The van der Waals surface area contributed by atoms with Crippen LogP contribution >= 0.6 is 0 Å². The molecule has 154 valence electrons. The summed E-state index contributed by atoms with van der Waals surface area (Å²) in [5.41, 5.74) is 1.53. The van der Waals surface area contributed by atoms with Gasteiger partial charge in [-0.3, -0.25) is 4.99 Å². The first-order valence-electron chi connectivity index (χ1n) is 11.2. The zero-order valence-electron chi connectivity index (χ0n) is 17.4. The average Bonchev–Trinajstić information content (AvgIpc) is 3.06. The summed E-state index contributed by atoms with van der Waals surface area (Å²) in [6.45, 7) is 0.302. The molecule has 5 heteroatoms. The van der Waals surface area contributed by atoms with Crippen LogP contribution in [0.25, 0.3) is 6.08 Å². The van der Waals surface area contributed by atoms with Crippen molar-refractivity contribution >= 4 is 17.8 Å². The molecule has 30 heavy (non-hydrogen) atoms. The molecule has 7 rings (SSSR count). The van der Waals surface area contributed by atoms with E-state index in [0.29, 0.717) is 6.54 Å². The van der Waals surface area contributed by atoms with E-state index in [1.165, 1.54) is 26.4 Å². The van der Waals surface area contributed by atoms with Crippen LogP contribution in [-0.4, -0.2) is 35.8 Å². The molecular formula is C25H27N3O2. The Labute approximate surface area is 177 Å². The molecule has 6 aliphatic rings. The van der Waals surface area contributed by atoms with Gasteiger partial charge in [-0.2, -0.15) is 5.26 Å². The maximum atomic E-state index is 13.0. The Morgan fingerprint density at radius 2 is 1.83 bits per heavy atom. The normalized spacial score (nSPS) is 41.5. The lowest BCUT2D eigenvalue weighted by Crippen LogP contribution is -2.51. The molecule has 4 aliphatic carbocycles. The van der Waals surface area contributed by atoms with Gasteiger partial charge in [-0.25, -0.2) is 4.79 Å². The van der Waals surface area contributed by atoms with Crippen LogP contribution in [0.5, 0.6) is 0 Å². The number of carbonyl (C=O) groups excluding carboxylic acids is 1. The second-order valence-corrected chi connectivity index (χ2v) is 10.2. The molecule has 4 bridgehead atoms. The quantitative estimate of drug-likeness (QED) is 0.699. The van der Waals surface area contributed by atoms with Crippen LogP contribution in [0.3, 0.4) is 0 Å². The Hall–Kier alpha value is -2.61. The SMILES string of the molecule is COC(=O)C1(C#N)CN2C=Cc3ccccc3[C@H]2C1=NC12CC3CC(CC(C3)C1)C2. The Morgan fingerprint density at radius 3 is 2.47 bits per heavy atom. The summed E-state index contributed by atoms with van der Waals surface area (Å²) < 4.78 is 5.18. The van der Waals surface area contributed by atoms with E-state index in [4.69, 9.17) is 9.73 Å². The van der Waals surface area contributed by atoms with Crippen LogP contribution in [0.4, 0.5) is 0 Å². The van der Waals surface area contributed by atoms with Gasteiger partial charge in [0.25, 0.3) is 0 Å². The molecule has 1 aromatic rings. The Bertz CT molecular complexity index is 984. The van der Waals surface area contributed by atoms with Crippen LogP contribution in [0.15, 0.2) is 35.5 Å². The molecular weight excluding hydrogens is 374 g/mol. The number of nitriles is 1. The predicted molar refractivity (Wildman–Crippen MR) is 113 cm³/mol. The Balaban J connectivity index is 1.53. The zero-order chi connectivity index (χ0) is 20.5. The van der Waals surface area contributed by atoms with E-state index in [9.17, 15) is 10.1 Å². The van der Waals surface area contributed by atoms with Crippen LogP contribution in [-0.2, 0) is 9.53 Å². The van der Waals surface area contributed by atoms with E-state index in [0.717, 1.165) is 53.9 Å². The predicted octanol–water partition coefficient (Wildman–Crippen LogP) is 4.12. The van der Waals surface area contributed by atoms with Crippen LogP contribution < -0.4 is 0 Å². The summed E-state index contributed by atoms with van der Waals surface area (Å²) >= 11 is 0. The highest BCUT2D eigenvalue weighted by molar-refractivity contribution is 6.14. The smallest absolute Gasteiger partial charge is 0.334 e. The van der Waals surface area contributed by atoms with Crippen LogP contribution in [0.1, 0.15) is 55.7 Å². The minimum absolute atomic E-state index is 0.105. The van der Waals surface area contributed by atoms with E-state index in [2.05, 4.69) is 29.2 Å². The highest BCUT2D eigenvalue weighted by Crippen LogP contribution is 2.58. The highest BCUT2D eigenvalue weighted by atomic mass is 16.5. The van der Waals surface area contributed by atoms with Gasteiger partial charge in [-0.05, 0) is 73.5 Å². The number of nitrogens with zero attached hydrogens (tertiary/aromatic N) is 3. The largest absolute Gasteiger partial charge is 0.467 e. The first-order valence-corrected chi connectivity index (χ1v) is 11.2. The second kappa shape index (κ2) is 6.20. The summed E-state index contributed by atoms with van der Waals surface area (Å²) in [5, 5.41) is 10.3. The van der Waals surface area contributed by atoms with E-state index < -0.39 is 11.4 Å². The molecule has 0 amide bonds. The molecule has 1 aromatic carbocycles. The summed E-state index contributed by atoms with van der Waals surface area (Å²) in [6, 6.07) is 10.5. The molecule has 1 unspecified atom stereocenters. The molecule has 2 atom stereocenters. The van der Waals surface area contributed by atoms with Gasteiger partial charge in [0.1, 0.15) is 0 Å². The van der Waals surface area contributed by atoms with Crippen molar-refractivity contribution in [2.24, 2.45) is 28.2 Å². The lowest BCUT2D eigenvalue weighted by Gasteiger charge is -2.55. The maximum Gasteiger partial charge on any atom is 0.334 e. The zero-order valence-corrected chi connectivity index (χ0v) is 17.4. The van der Waals surface area contributed by atoms with Gasteiger partial charge in [0, 0.05) is 6.20 Å². The summed E-state index contributed by atoms with van der Waals surface area (Å²) in [5.74, 6) is 1.79. The molecule has 5 fully saturated rings. The van der Waals surface area contributed by atoms with Crippen molar-refractivity contribution < 1.29 is 9.53 Å². The summed E-state index contributed by atoms with van der Waals surface area (Å²) in [7, 11) is 1.38. The highest BCUT2D eigenvalue weighted by Gasteiger charge is 2.59. The topological polar surface area (TPSA) is 65.7 Å². The summed E-state index contributed by atoms with van der Waals surface area (Å²) in [6.07, 6.45) is 11.4. The molecule has 5 nitrogen and oxygen atoms in total. The van der Waals surface area contributed by atoms with Gasteiger partial charge in [-0.15, -0.1) is 0 Å². The molecule has 1 saturated heterocycles. The number of carbonyl (C=O) groups is 1. The van der Waals surface area contributed by atoms with Gasteiger partial charge < -0.3 is 9.64 Å². The third-order valence-electron chi connectivity index (χ3n) is 8.27. The molecule has 2 heterocycles. The fraction of sp³-hybridized carbons (Fsp3) is 0.560. The molecule has 4 saturated carbocycles. The molecule has 0 spiro atoms. The van der Waals surface area contributed by atoms with Crippen molar-refractivity contribution in [3.63, 3.8) is 0 Å². The number of hydrogen-bond donors (Lipinski definition) is 0. The minimum atomic E-state index is -1.34. The number of rotatable bonds is 2. The third-order valence-corrected chi connectivity index (χ3v) is 8.27. The number of methoxy groups -OCH3 is 1. The molecule has 0 aromatic heterocycles. The van der Waals surface area contributed by atoms with Crippen molar-refractivity contribution in [2.45, 2.75) is 50.1 Å². The Morgan fingerprint density at radius 1 is 1.17 bits per heavy atom. The molecule has 0 N–H and O–H groups in total. The van der Waals surface area contributed by atoms with Crippen molar-refractivity contribution in [1.82, 2.24) is 4.90 Å². The number of esters is 1. The first kappa shape index (κ1) is 18.2. The number of hydrogen-bond acceptors (Lipinski definition) is 5. The van der Waals surface area contributed by atoms with Gasteiger partial charge in [-0.1, -0.05) is 24.3 Å². The molecule has 2 aliphatic heterocycles. The van der Waals surface area contributed by atoms with Crippen molar-refractivity contribution in [3.05, 3.63) is 41.6 Å². The maximum absolute atomic E-state index is 13.0. The van der Waals surface area contributed by atoms with Gasteiger partial charge in [0.05, 0.1) is 37.0 Å². The lowest BCUT2D eigenvalue weighted by molar-refractivity contribution is -0.145. The van der Waals surface area contributed by atoms with Gasteiger partial charge in [0.15, 0.2) is 0 Å². The number of ether oxygens (including phenoxy) is 1. The van der Waals surface area contributed by atoms with Crippen molar-refractivity contribution in [2.75, 3.05) is 13.7 Å². The fourth-order valence-corrected chi connectivity index (χ4v) is 7.48. The van der Waals surface area contributed by atoms with E-state index in [1.807, 2.05) is 18.3 Å².